The summed E-state index contributed by atoms with van der Waals surface area (Å²) in [6.45, 7) is 5.12. The van der Waals surface area contributed by atoms with Crippen LogP contribution in [0.1, 0.15) is 13.2 Å². The van der Waals surface area contributed by atoms with Crippen LogP contribution in [0.3, 0.4) is 0 Å². The van der Waals surface area contributed by atoms with Gasteiger partial charge < -0.3 is 20.7 Å². The summed E-state index contributed by atoms with van der Waals surface area (Å²) in [7, 11) is 0. The highest BCUT2D eigenvalue weighted by molar-refractivity contribution is 5.45. The molecule has 2 heterocycles. The molecule has 1 aromatic heterocycles. The Morgan fingerprint density at radius 3 is 2.85 bits per heavy atom. The maximum Gasteiger partial charge on any atom is 0.351 e. The lowest BCUT2D eigenvalue weighted by Gasteiger charge is -2.22. The molecule has 20 heavy (non-hydrogen) atoms. The van der Waals surface area contributed by atoms with E-state index >= 15 is 0 Å². The van der Waals surface area contributed by atoms with E-state index in [0.717, 1.165) is 4.57 Å². The fraction of sp³-hybridized carbons (Fsp3) is 0.500. The Hall–Kier alpha value is -1.77. The molecule has 1 aromatic rings. The molecule has 1 saturated carbocycles. The Balaban J connectivity index is 2.04. The van der Waals surface area contributed by atoms with Crippen molar-refractivity contribution < 1.29 is 19.3 Å². The zero-order chi connectivity index (χ0) is 14.9. The minimum atomic E-state index is -2.09. The van der Waals surface area contributed by atoms with Crippen LogP contribution in [0.4, 0.5) is 10.2 Å². The number of aromatic nitrogens is 2. The van der Waals surface area contributed by atoms with Gasteiger partial charge in [-0.15, -0.1) is 0 Å². The fourth-order valence-corrected chi connectivity index (χ4v) is 2.91. The van der Waals surface area contributed by atoms with Crippen molar-refractivity contribution in [2.75, 3.05) is 5.73 Å². The molecular formula is C12H14FN3O4. The minimum Gasteiger partial charge on any atom is -0.386 e. The lowest BCUT2D eigenvalue weighted by Crippen LogP contribution is -2.38. The predicted molar refractivity (Wildman–Crippen MR) is 66.4 cm³/mol. The van der Waals surface area contributed by atoms with E-state index < -0.39 is 35.4 Å². The topological polar surface area (TPSA) is 111 Å². The summed E-state index contributed by atoms with van der Waals surface area (Å²) in [6.07, 6.45) is -3.55. The number of halogens is 1. The van der Waals surface area contributed by atoms with Gasteiger partial charge in [-0.25, -0.2) is 9.18 Å². The third-order valence-electron chi connectivity index (χ3n) is 4.05. The smallest absolute Gasteiger partial charge is 0.351 e. The highest BCUT2D eigenvalue weighted by Gasteiger charge is 2.88. The number of nitrogens with two attached hydrogens (primary N) is 1. The molecule has 3 rings (SSSR count). The van der Waals surface area contributed by atoms with Gasteiger partial charge in [-0.05, 0) is 18.6 Å². The maximum atomic E-state index is 14.4. The summed E-state index contributed by atoms with van der Waals surface area (Å²) < 4.78 is 20.8. The van der Waals surface area contributed by atoms with Crippen LogP contribution >= 0.6 is 0 Å². The number of rotatable bonds is 2. The average Bonchev–Trinajstić information content (AvgIpc) is 2.73. The van der Waals surface area contributed by atoms with E-state index in [9.17, 15) is 19.4 Å². The molecule has 2 aliphatic rings. The van der Waals surface area contributed by atoms with E-state index in [1.807, 2.05) is 0 Å². The Kier molecular flexibility index (Phi) is 2.42. The second-order valence-corrected chi connectivity index (χ2v) is 5.20. The van der Waals surface area contributed by atoms with E-state index in [0.29, 0.717) is 0 Å². The summed E-state index contributed by atoms with van der Waals surface area (Å²) in [6, 6.07) is 1.31. The predicted octanol–water partition coefficient (Wildman–Crippen LogP) is -0.887. The quantitative estimate of drug-likeness (QED) is 0.607. The monoisotopic (exact) mass is 283 g/mol. The van der Waals surface area contributed by atoms with Gasteiger partial charge in [0.1, 0.15) is 11.9 Å². The van der Waals surface area contributed by atoms with Crippen molar-refractivity contribution in [3.05, 3.63) is 34.9 Å². The maximum absolute atomic E-state index is 14.4. The second kappa shape index (κ2) is 3.66. The van der Waals surface area contributed by atoms with E-state index in [4.69, 9.17) is 10.5 Å². The van der Waals surface area contributed by atoms with E-state index in [-0.39, 0.29) is 11.4 Å². The van der Waals surface area contributed by atoms with Crippen molar-refractivity contribution in [3.8, 4) is 0 Å². The highest BCUT2D eigenvalue weighted by Crippen LogP contribution is 2.66. The molecule has 0 aromatic carbocycles. The lowest BCUT2D eigenvalue weighted by molar-refractivity contribution is -0.0827. The number of hydrogen-bond acceptors (Lipinski definition) is 6. The Labute approximate surface area is 113 Å². The number of nitrogen functional groups attached to an aromatic ring is 1. The molecule has 7 nitrogen and oxygen atoms in total. The van der Waals surface area contributed by atoms with Gasteiger partial charge in [-0.1, -0.05) is 6.58 Å². The number of alkyl halides is 1. The molecule has 0 radical (unpaired) electrons. The SMILES string of the molecule is C=C(C)[C@]12O[C@@H](n3ccc(N)nc3=O)[C@H](F)[C@@]1(O)C2O. The number of anilines is 1. The van der Waals surface area contributed by atoms with Gasteiger partial charge >= 0.3 is 5.69 Å². The largest absolute Gasteiger partial charge is 0.386 e. The summed E-state index contributed by atoms with van der Waals surface area (Å²) in [5.41, 5.74) is 1.17. The third-order valence-corrected chi connectivity index (χ3v) is 4.05. The van der Waals surface area contributed by atoms with Crippen molar-refractivity contribution in [1.82, 2.24) is 9.55 Å². The molecule has 8 heteroatoms. The lowest BCUT2D eigenvalue weighted by atomic mass is 10.1. The van der Waals surface area contributed by atoms with Gasteiger partial charge in [0.2, 0.25) is 0 Å². The van der Waals surface area contributed by atoms with Crippen molar-refractivity contribution in [2.24, 2.45) is 0 Å². The van der Waals surface area contributed by atoms with Crippen LogP contribution in [-0.4, -0.2) is 43.2 Å². The molecule has 1 aliphatic heterocycles. The van der Waals surface area contributed by atoms with Crippen LogP contribution < -0.4 is 11.4 Å². The van der Waals surface area contributed by atoms with Crippen molar-refractivity contribution >= 4 is 5.82 Å². The second-order valence-electron chi connectivity index (χ2n) is 5.20. The van der Waals surface area contributed by atoms with E-state index in [2.05, 4.69) is 11.6 Å². The standard InChI is InChI=1S/C12H14FN3O4/c1-5(2)12-9(17)11(12,19)7(13)8(20-12)16-4-3-6(14)15-10(16)18/h3-4,7-9,17,19H,1H2,2H3,(H2,14,15,18)/t7-,8+,9?,11+,12+/m0/s1. The van der Waals surface area contributed by atoms with Crippen molar-refractivity contribution in [1.29, 1.82) is 0 Å². The molecule has 0 amide bonds. The molecule has 5 atom stereocenters. The normalized spacial score (nSPS) is 42.3. The van der Waals surface area contributed by atoms with Crippen molar-refractivity contribution in [2.45, 2.75) is 36.6 Å². The third kappa shape index (κ3) is 1.23. The first-order chi connectivity index (χ1) is 9.26. The zero-order valence-corrected chi connectivity index (χ0v) is 10.7. The summed E-state index contributed by atoms with van der Waals surface area (Å²) in [4.78, 5) is 15.2. The minimum absolute atomic E-state index is 0.00169. The molecule has 1 unspecified atom stereocenters. The summed E-state index contributed by atoms with van der Waals surface area (Å²) in [5, 5.41) is 20.0. The Bertz CT molecular complexity index is 662. The number of nitrogens with zero attached hydrogens (tertiary/aromatic N) is 2. The van der Waals surface area contributed by atoms with Gasteiger partial charge in [-0.2, -0.15) is 4.98 Å². The molecule has 2 fully saturated rings. The average molecular weight is 283 g/mol. The summed E-state index contributed by atoms with van der Waals surface area (Å²) in [5.74, 6) is -0.00169. The first-order valence-corrected chi connectivity index (χ1v) is 5.99. The van der Waals surface area contributed by atoms with Crippen LogP contribution in [0, 0.1) is 0 Å². The zero-order valence-electron chi connectivity index (χ0n) is 10.7. The fourth-order valence-electron chi connectivity index (χ4n) is 2.91. The Morgan fingerprint density at radius 2 is 2.35 bits per heavy atom. The van der Waals surface area contributed by atoms with Crippen LogP contribution in [0.25, 0.3) is 0 Å². The molecule has 108 valence electrons. The number of fused-ring (bicyclic) bond motifs is 1. The molecule has 1 saturated heterocycles. The van der Waals surface area contributed by atoms with E-state index in [1.165, 1.54) is 19.2 Å². The van der Waals surface area contributed by atoms with Crippen LogP contribution in [0.15, 0.2) is 29.2 Å². The van der Waals surface area contributed by atoms with Crippen LogP contribution in [0.5, 0.6) is 0 Å². The molecule has 0 spiro atoms. The summed E-state index contributed by atoms with van der Waals surface area (Å²) >= 11 is 0. The highest BCUT2D eigenvalue weighted by atomic mass is 19.1. The number of hydrogen-bond donors (Lipinski definition) is 3. The van der Waals surface area contributed by atoms with Gasteiger partial charge in [-0.3, -0.25) is 4.57 Å². The molecule has 4 N–H and O–H groups in total. The molecule has 0 bridgehead atoms. The first-order valence-electron chi connectivity index (χ1n) is 5.99. The first kappa shape index (κ1) is 13.2. The molecule has 1 aliphatic carbocycles. The Morgan fingerprint density at radius 1 is 1.70 bits per heavy atom. The number of aliphatic hydroxyl groups excluding tert-OH is 1. The van der Waals surface area contributed by atoms with Gasteiger partial charge in [0.15, 0.2) is 23.6 Å². The van der Waals surface area contributed by atoms with Gasteiger partial charge in [0, 0.05) is 6.20 Å². The molecular weight excluding hydrogens is 269 g/mol. The van der Waals surface area contributed by atoms with Gasteiger partial charge in [0.25, 0.3) is 0 Å². The van der Waals surface area contributed by atoms with Crippen LogP contribution in [-0.2, 0) is 4.74 Å². The van der Waals surface area contributed by atoms with Gasteiger partial charge in [0.05, 0.1) is 0 Å². The number of ether oxygens (including phenoxy) is 1. The van der Waals surface area contributed by atoms with Crippen molar-refractivity contribution in [3.63, 3.8) is 0 Å². The van der Waals surface area contributed by atoms with E-state index in [1.54, 1.807) is 0 Å². The van der Waals surface area contributed by atoms with Crippen LogP contribution in [0.2, 0.25) is 0 Å². The number of aliphatic hydroxyl groups is 2.